The Morgan fingerprint density at radius 3 is 2.83 bits per heavy atom. The highest BCUT2D eigenvalue weighted by atomic mass is 19.4. The number of carbonyl (C=O) groups is 1. The molecule has 2 unspecified atom stereocenters. The van der Waals surface area contributed by atoms with Crippen LogP contribution in [0.2, 0.25) is 0 Å². The van der Waals surface area contributed by atoms with Gasteiger partial charge in [0.25, 0.3) is 0 Å². The highest BCUT2D eigenvalue weighted by Gasteiger charge is 2.27. The average molecular weight is 268 g/mol. The van der Waals surface area contributed by atoms with Crippen molar-refractivity contribution in [3.05, 3.63) is 0 Å². The lowest BCUT2D eigenvalue weighted by Crippen LogP contribution is -2.43. The molecule has 1 heterocycles. The first-order chi connectivity index (χ1) is 8.38. The molecule has 18 heavy (non-hydrogen) atoms. The highest BCUT2D eigenvalue weighted by molar-refractivity contribution is 5.78. The van der Waals surface area contributed by atoms with Gasteiger partial charge in [-0.1, -0.05) is 0 Å². The van der Waals surface area contributed by atoms with Crippen LogP contribution in [-0.2, 0) is 9.53 Å². The Labute approximate surface area is 104 Å². The van der Waals surface area contributed by atoms with E-state index < -0.39 is 12.8 Å². The van der Waals surface area contributed by atoms with Gasteiger partial charge in [-0.05, 0) is 26.3 Å². The van der Waals surface area contributed by atoms with Gasteiger partial charge in [-0.25, -0.2) is 0 Å². The third-order valence-corrected chi connectivity index (χ3v) is 2.81. The summed E-state index contributed by atoms with van der Waals surface area (Å²) in [6.45, 7) is 1.53. The summed E-state index contributed by atoms with van der Waals surface area (Å²) >= 11 is 0. The van der Waals surface area contributed by atoms with Gasteiger partial charge in [0.2, 0.25) is 5.91 Å². The van der Waals surface area contributed by atoms with E-state index in [1.165, 1.54) is 0 Å². The van der Waals surface area contributed by atoms with Crippen molar-refractivity contribution in [1.82, 2.24) is 10.6 Å². The molecule has 1 amide bonds. The number of rotatable bonds is 5. The molecular weight excluding hydrogens is 249 g/mol. The van der Waals surface area contributed by atoms with Crippen molar-refractivity contribution in [2.75, 3.05) is 26.3 Å². The monoisotopic (exact) mass is 268 g/mol. The normalized spacial score (nSPS) is 24.9. The van der Waals surface area contributed by atoms with Gasteiger partial charge in [0, 0.05) is 18.5 Å². The van der Waals surface area contributed by atoms with Crippen LogP contribution in [-0.4, -0.2) is 44.4 Å². The number of carbonyl (C=O) groups excluding carboxylic acids is 1. The Balaban J connectivity index is 2.10. The molecule has 1 fully saturated rings. The van der Waals surface area contributed by atoms with Gasteiger partial charge in [0.15, 0.2) is 0 Å². The lowest BCUT2D eigenvalue weighted by molar-refractivity contribution is -0.173. The average Bonchev–Trinajstić information content (AvgIpc) is 2.26. The maximum atomic E-state index is 11.8. The molecule has 0 radical (unpaired) electrons. The lowest BCUT2D eigenvalue weighted by atomic mass is 9.92. The van der Waals surface area contributed by atoms with E-state index in [-0.39, 0.29) is 25.0 Å². The van der Waals surface area contributed by atoms with Crippen LogP contribution in [0.3, 0.4) is 0 Å². The minimum absolute atomic E-state index is 0.0520. The molecule has 1 rings (SSSR count). The van der Waals surface area contributed by atoms with Gasteiger partial charge in [-0.3, -0.25) is 4.79 Å². The van der Waals surface area contributed by atoms with Crippen molar-refractivity contribution in [2.45, 2.75) is 32.0 Å². The van der Waals surface area contributed by atoms with Gasteiger partial charge in [0.1, 0.15) is 6.61 Å². The molecule has 0 aromatic carbocycles. The molecule has 2 atom stereocenters. The summed E-state index contributed by atoms with van der Waals surface area (Å²) in [5.41, 5.74) is 0. The molecule has 7 heteroatoms. The van der Waals surface area contributed by atoms with Crippen molar-refractivity contribution in [2.24, 2.45) is 5.92 Å². The molecule has 0 aromatic rings. The third kappa shape index (κ3) is 6.20. The van der Waals surface area contributed by atoms with Gasteiger partial charge >= 0.3 is 6.18 Å². The zero-order chi connectivity index (χ0) is 13.6. The molecule has 1 aliphatic heterocycles. The first-order valence-corrected chi connectivity index (χ1v) is 6.04. The van der Waals surface area contributed by atoms with Gasteiger partial charge in [-0.15, -0.1) is 0 Å². The SMILES string of the molecule is CC1CC(C(=O)NCCOCC(F)(F)F)CCN1. The Morgan fingerprint density at radius 2 is 2.22 bits per heavy atom. The van der Waals surface area contributed by atoms with Crippen LogP contribution < -0.4 is 10.6 Å². The summed E-state index contributed by atoms with van der Waals surface area (Å²) in [7, 11) is 0. The fraction of sp³-hybridized carbons (Fsp3) is 0.909. The molecule has 0 bridgehead atoms. The van der Waals surface area contributed by atoms with E-state index in [9.17, 15) is 18.0 Å². The minimum atomic E-state index is -4.31. The Bertz CT molecular complexity index is 272. The fourth-order valence-corrected chi connectivity index (χ4v) is 1.95. The van der Waals surface area contributed by atoms with Crippen molar-refractivity contribution in [3.63, 3.8) is 0 Å². The van der Waals surface area contributed by atoms with E-state index in [1.807, 2.05) is 6.92 Å². The van der Waals surface area contributed by atoms with E-state index in [1.54, 1.807) is 0 Å². The molecular formula is C11H19F3N2O2. The number of alkyl halides is 3. The van der Waals surface area contributed by atoms with E-state index >= 15 is 0 Å². The zero-order valence-corrected chi connectivity index (χ0v) is 10.3. The second-order valence-corrected chi connectivity index (χ2v) is 4.54. The summed E-state index contributed by atoms with van der Waals surface area (Å²) in [4.78, 5) is 11.7. The van der Waals surface area contributed by atoms with Crippen LogP contribution >= 0.6 is 0 Å². The molecule has 0 spiro atoms. The molecule has 106 valence electrons. The van der Waals surface area contributed by atoms with Crippen LogP contribution in [0.5, 0.6) is 0 Å². The second kappa shape index (κ2) is 6.94. The van der Waals surface area contributed by atoms with Crippen molar-refractivity contribution in [1.29, 1.82) is 0 Å². The second-order valence-electron chi connectivity index (χ2n) is 4.54. The molecule has 4 nitrogen and oxygen atoms in total. The number of halogens is 3. The summed E-state index contributed by atoms with van der Waals surface area (Å²) < 4.78 is 39.7. The summed E-state index contributed by atoms with van der Waals surface area (Å²) in [6.07, 6.45) is -2.79. The smallest absolute Gasteiger partial charge is 0.370 e. The maximum absolute atomic E-state index is 11.8. The van der Waals surface area contributed by atoms with Crippen LogP contribution in [0.25, 0.3) is 0 Å². The molecule has 1 saturated heterocycles. The summed E-state index contributed by atoms with van der Waals surface area (Å²) in [5.74, 6) is -0.150. The van der Waals surface area contributed by atoms with E-state index in [4.69, 9.17) is 0 Å². The van der Waals surface area contributed by atoms with Gasteiger partial charge in [0.05, 0.1) is 6.61 Å². The van der Waals surface area contributed by atoms with Crippen LogP contribution in [0.15, 0.2) is 0 Å². The largest absolute Gasteiger partial charge is 0.411 e. The number of hydrogen-bond acceptors (Lipinski definition) is 3. The van der Waals surface area contributed by atoms with Crippen LogP contribution in [0.1, 0.15) is 19.8 Å². The molecule has 2 N–H and O–H groups in total. The first-order valence-electron chi connectivity index (χ1n) is 6.04. The van der Waals surface area contributed by atoms with E-state index in [2.05, 4.69) is 15.4 Å². The van der Waals surface area contributed by atoms with Crippen molar-refractivity contribution in [3.8, 4) is 0 Å². The Morgan fingerprint density at radius 1 is 1.50 bits per heavy atom. The fourth-order valence-electron chi connectivity index (χ4n) is 1.95. The minimum Gasteiger partial charge on any atom is -0.370 e. The topological polar surface area (TPSA) is 50.4 Å². The van der Waals surface area contributed by atoms with Crippen LogP contribution in [0, 0.1) is 5.92 Å². The Kier molecular flexibility index (Phi) is 5.87. The van der Waals surface area contributed by atoms with Crippen molar-refractivity contribution < 1.29 is 22.7 Å². The predicted octanol–water partition coefficient (Wildman–Crippen LogP) is 1.07. The first kappa shape index (κ1) is 15.2. The summed E-state index contributed by atoms with van der Waals surface area (Å²) in [6, 6.07) is 0.302. The number of hydrogen-bond donors (Lipinski definition) is 2. The quantitative estimate of drug-likeness (QED) is 0.733. The van der Waals surface area contributed by atoms with Crippen LogP contribution in [0.4, 0.5) is 13.2 Å². The van der Waals surface area contributed by atoms with Crippen molar-refractivity contribution >= 4 is 5.91 Å². The van der Waals surface area contributed by atoms with Gasteiger partial charge in [-0.2, -0.15) is 13.2 Å². The molecule has 0 saturated carbocycles. The molecule has 1 aliphatic rings. The predicted molar refractivity (Wildman–Crippen MR) is 60.1 cm³/mol. The third-order valence-electron chi connectivity index (χ3n) is 2.81. The van der Waals surface area contributed by atoms with E-state index in [0.29, 0.717) is 6.04 Å². The summed E-state index contributed by atoms with van der Waals surface area (Å²) in [5, 5.41) is 5.83. The number of piperidine rings is 1. The number of amides is 1. The standard InChI is InChI=1S/C11H19F3N2O2/c1-8-6-9(2-3-15-8)10(17)16-4-5-18-7-11(12,13)14/h8-9,15H,2-7H2,1H3,(H,16,17). The molecule has 0 aliphatic carbocycles. The zero-order valence-electron chi connectivity index (χ0n) is 10.3. The molecule has 0 aromatic heterocycles. The highest BCUT2D eigenvalue weighted by Crippen LogP contribution is 2.16. The van der Waals surface area contributed by atoms with E-state index in [0.717, 1.165) is 19.4 Å². The number of nitrogens with one attached hydrogen (secondary N) is 2. The number of ether oxygens (including phenoxy) is 1. The Hall–Kier alpha value is -0.820. The lowest BCUT2D eigenvalue weighted by Gasteiger charge is -2.27. The van der Waals surface area contributed by atoms with Gasteiger partial charge < -0.3 is 15.4 Å². The maximum Gasteiger partial charge on any atom is 0.411 e.